The number of hydrogen-bond donors (Lipinski definition) is 1. The van der Waals surface area contributed by atoms with Gasteiger partial charge in [0.05, 0.1) is 5.56 Å². The van der Waals surface area contributed by atoms with Gasteiger partial charge >= 0.3 is 0 Å². The van der Waals surface area contributed by atoms with E-state index in [4.69, 9.17) is 0 Å². The number of nitrogens with one attached hydrogen (secondary N) is 1. The van der Waals surface area contributed by atoms with Crippen LogP contribution in [0.2, 0.25) is 0 Å². The van der Waals surface area contributed by atoms with Gasteiger partial charge in [-0.15, -0.1) is 0 Å². The molecular formula is C18H19N5OS. The molecular weight excluding hydrogens is 334 g/mol. The molecule has 5 heterocycles. The van der Waals surface area contributed by atoms with Gasteiger partial charge in [-0.1, -0.05) is 0 Å². The van der Waals surface area contributed by atoms with Crippen molar-refractivity contribution in [1.82, 2.24) is 23.8 Å². The molecule has 5 rings (SSSR count). The highest BCUT2D eigenvalue weighted by molar-refractivity contribution is 7.03. The number of pyridine rings is 1. The van der Waals surface area contributed by atoms with Crippen molar-refractivity contribution in [3.8, 4) is 11.4 Å². The summed E-state index contributed by atoms with van der Waals surface area (Å²) in [6.07, 6.45) is 6.58. The zero-order valence-electron chi connectivity index (χ0n) is 13.8. The molecule has 0 unspecified atom stereocenters. The molecule has 3 aromatic heterocycles. The average Bonchev–Trinajstić information content (AvgIpc) is 3.29. The quantitative estimate of drug-likeness (QED) is 0.785. The van der Waals surface area contributed by atoms with Crippen LogP contribution in [0.25, 0.3) is 11.4 Å². The molecule has 1 N–H and O–H groups in total. The minimum atomic E-state index is 0.0811. The van der Waals surface area contributed by atoms with Crippen molar-refractivity contribution in [3.63, 3.8) is 0 Å². The molecule has 1 fully saturated rings. The summed E-state index contributed by atoms with van der Waals surface area (Å²) in [4.78, 5) is 22.8. The number of fused-ring (bicyclic) bond motifs is 4. The Kier molecular flexibility index (Phi) is 3.57. The lowest BCUT2D eigenvalue weighted by atomic mass is 9.83. The van der Waals surface area contributed by atoms with Gasteiger partial charge in [-0.2, -0.15) is 0 Å². The van der Waals surface area contributed by atoms with E-state index in [1.54, 1.807) is 12.4 Å². The fraction of sp³-hybridized carbons (Fsp3) is 0.389. The Morgan fingerprint density at radius 1 is 1.28 bits per heavy atom. The smallest absolute Gasteiger partial charge is 0.261 e. The summed E-state index contributed by atoms with van der Waals surface area (Å²) in [6.45, 7) is 3.81. The van der Waals surface area contributed by atoms with Crippen molar-refractivity contribution in [2.24, 2.45) is 5.92 Å². The number of nitrogens with zero attached hydrogens (tertiary/aromatic N) is 4. The van der Waals surface area contributed by atoms with E-state index >= 15 is 0 Å². The third-order valence-electron chi connectivity index (χ3n) is 5.32. The summed E-state index contributed by atoms with van der Waals surface area (Å²) in [5.74, 6) is 1.61. The first-order valence-corrected chi connectivity index (χ1v) is 9.45. The Balaban J connectivity index is 1.46. The van der Waals surface area contributed by atoms with Crippen LogP contribution in [0.3, 0.4) is 0 Å². The minimum Gasteiger partial charge on any atom is -0.344 e. The molecule has 0 spiro atoms. The van der Waals surface area contributed by atoms with Gasteiger partial charge in [-0.05, 0) is 41.6 Å². The summed E-state index contributed by atoms with van der Waals surface area (Å²) in [6, 6.07) is 4.05. The van der Waals surface area contributed by atoms with Crippen LogP contribution < -0.4 is 5.56 Å². The SMILES string of the molecule is O=c1c(-c2ncc[nH]2)ccc2n1C[C@H]1C[C@@H]2CN(Cc2cnsc2)C1. The zero-order chi connectivity index (χ0) is 16.8. The third-order valence-corrected chi connectivity index (χ3v) is 5.96. The number of rotatable bonds is 3. The topological polar surface area (TPSA) is 66.8 Å². The minimum absolute atomic E-state index is 0.0811. The van der Waals surface area contributed by atoms with E-state index in [0.29, 0.717) is 23.2 Å². The van der Waals surface area contributed by atoms with E-state index in [0.717, 1.165) is 26.2 Å². The molecule has 2 bridgehead atoms. The molecule has 0 amide bonds. The molecule has 7 heteroatoms. The number of hydrogen-bond acceptors (Lipinski definition) is 5. The van der Waals surface area contributed by atoms with Crippen molar-refractivity contribution in [1.29, 1.82) is 0 Å². The molecule has 2 aliphatic rings. The maximum Gasteiger partial charge on any atom is 0.261 e. The Bertz CT molecular complexity index is 931. The summed E-state index contributed by atoms with van der Waals surface area (Å²) in [5.41, 5.74) is 3.20. The first-order valence-electron chi connectivity index (χ1n) is 8.62. The number of imidazole rings is 1. The lowest BCUT2D eigenvalue weighted by molar-refractivity contribution is 0.114. The average molecular weight is 353 g/mol. The van der Waals surface area contributed by atoms with Gasteiger partial charge in [0.1, 0.15) is 5.82 Å². The second kappa shape index (κ2) is 5.93. The molecule has 2 atom stereocenters. The van der Waals surface area contributed by atoms with Crippen molar-refractivity contribution in [3.05, 3.63) is 57.7 Å². The van der Waals surface area contributed by atoms with Gasteiger partial charge < -0.3 is 9.55 Å². The summed E-state index contributed by atoms with van der Waals surface area (Å²) in [5, 5.41) is 2.12. The Morgan fingerprint density at radius 2 is 2.24 bits per heavy atom. The molecule has 0 aliphatic carbocycles. The molecule has 1 saturated heterocycles. The van der Waals surface area contributed by atoms with Gasteiger partial charge in [0, 0.05) is 61.8 Å². The Labute approximate surface area is 149 Å². The predicted octanol–water partition coefficient (Wildman–Crippen LogP) is 2.31. The van der Waals surface area contributed by atoms with Crippen molar-refractivity contribution < 1.29 is 0 Å². The number of H-pyrrole nitrogens is 1. The Hall–Kier alpha value is -2.25. The Morgan fingerprint density at radius 3 is 3.04 bits per heavy atom. The second-order valence-corrected chi connectivity index (χ2v) is 7.71. The number of aromatic nitrogens is 4. The molecule has 2 aliphatic heterocycles. The molecule has 0 saturated carbocycles. The van der Waals surface area contributed by atoms with Crippen LogP contribution >= 0.6 is 11.5 Å². The van der Waals surface area contributed by atoms with E-state index in [2.05, 4.69) is 30.7 Å². The van der Waals surface area contributed by atoms with E-state index in [1.807, 2.05) is 16.8 Å². The highest BCUT2D eigenvalue weighted by atomic mass is 32.1. The van der Waals surface area contributed by atoms with E-state index in [9.17, 15) is 4.79 Å². The van der Waals surface area contributed by atoms with Crippen LogP contribution in [0.4, 0.5) is 0 Å². The van der Waals surface area contributed by atoms with Crippen LogP contribution in [0, 0.1) is 5.92 Å². The number of piperidine rings is 1. The molecule has 0 radical (unpaired) electrons. The highest BCUT2D eigenvalue weighted by Crippen LogP contribution is 2.36. The van der Waals surface area contributed by atoms with Crippen molar-refractivity contribution in [2.45, 2.75) is 25.4 Å². The third kappa shape index (κ3) is 2.63. The molecule has 25 heavy (non-hydrogen) atoms. The van der Waals surface area contributed by atoms with E-state index in [-0.39, 0.29) is 5.56 Å². The lowest BCUT2D eigenvalue weighted by Crippen LogP contribution is -2.46. The standard InChI is InChI=1S/C18H19N5OS/c24-18-15(17-19-3-4-20-17)1-2-16-14-5-12(9-23(16)18)7-22(10-14)8-13-6-21-25-11-13/h1-4,6,11-12,14H,5,7-10H2,(H,19,20)/t12-,14+/m0/s1. The molecule has 0 aromatic carbocycles. The van der Waals surface area contributed by atoms with E-state index in [1.165, 1.54) is 29.2 Å². The van der Waals surface area contributed by atoms with Crippen LogP contribution in [-0.4, -0.2) is 36.9 Å². The first kappa shape index (κ1) is 15.0. The van der Waals surface area contributed by atoms with Gasteiger partial charge in [0.25, 0.3) is 5.56 Å². The van der Waals surface area contributed by atoms with Crippen molar-refractivity contribution in [2.75, 3.05) is 13.1 Å². The first-order chi connectivity index (χ1) is 12.3. The largest absolute Gasteiger partial charge is 0.344 e. The molecule has 3 aromatic rings. The van der Waals surface area contributed by atoms with Gasteiger partial charge in [0.2, 0.25) is 0 Å². The van der Waals surface area contributed by atoms with Gasteiger partial charge in [-0.25, -0.2) is 9.36 Å². The number of aromatic amines is 1. The summed E-state index contributed by atoms with van der Waals surface area (Å²) >= 11 is 1.51. The summed E-state index contributed by atoms with van der Waals surface area (Å²) in [7, 11) is 0. The maximum atomic E-state index is 13.0. The monoisotopic (exact) mass is 353 g/mol. The summed E-state index contributed by atoms with van der Waals surface area (Å²) < 4.78 is 6.19. The fourth-order valence-electron chi connectivity index (χ4n) is 4.33. The van der Waals surface area contributed by atoms with Gasteiger partial charge in [0.15, 0.2) is 0 Å². The zero-order valence-corrected chi connectivity index (χ0v) is 14.6. The molecule has 128 valence electrons. The van der Waals surface area contributed by atoms with Crippen LogP contribution in [0.1, 0.15) is 23.6 Å². The number of likely N-dealkylation sites (tertiary alicyclic amines) is 1. The normalized spacial score (nSPS) is 22.7. The van der Waals surface area contributed by atoms with Crippen molar-refractivity contribution >= 4 is 11.5 Å². The lowest BCUT2D eigenvalue weighted by Gasteiger charge is -2.42. The maximum absolute atomic E-state index is 13.0. The fourth-order valence-corrected chi connectivity index (χ4v) is 4.86. The van der Waals surface area contributed by atoms with Crippen LogP contribution in [0.5, 0.6) is 0 Å². The molecule has 6 nitrogen and oxygen atoms in total. The van der Waals surface area contributed by atoms with E-state index < -0.39 is 0 Å². The highest BCUT2D eigenvalue weighted by Gasteiger charge is 2.35. The van der Waals surface area contributed by atoms with Crippen LogP contribution in [0.15, 0.2) is 40.9 Å². The second-order valence-electron chi connectivity index (χ2n) is 7.05. The van der Waals surface area contributed by atoms with Gasteiger partial charge in [-0.3, -0.25) is 9.69 Å². The van der Waals surface area contributed by atoms with Crippen LogP contribution in [-0.2, 0) is 13.1 Å². The predicted molar refractivity (Wildman–Crippen MR) is 96.5 cm³/mol.